The van der Waals surface area contributed by atoms with Gasteiger partial charge in [0, 0.05) is 23.8 Å². The Morgan fingerprint density at radius 1 is 1.17 bits per heavy atom. The standard InChI is InChI=1S/C29H24ClN3O8S/c1-5-40-28(35)25-15(2)31-29-32(26(25)16-6-10-22(38-3)23(12-16)39-4)27(34)24(42-29)14-18-8-11-21(41-18)19-13-17(33(36)37)7-9-20(19)30/h6-14,26H,5H2,1-4H3/b24-14-/t26-/m1/s1. The number of methoxy groups -OCH3 is 2. The zero-order valence-electron chi connectivity index (χ0n) is 22.9. The number of carbonyl (C=O) groups is 1. The molecule has 1 atom stereocenters. The zero-order chi connectivity index (χ0) is 30.1. The van der Waals surface area contributed by atoms with E-state index in [4.69, 9.17) is 30.2 Å². The molecule has 42 heavy (non-hydrogen) atoms. The van der Waals surface area contributed by atoms with Crippen LogP contribution in [0.15, 0.2) is 74.0 Å². The second-order valence-electron chi connectivity index (χ2n) is 9.04. The van der Waals surface area contributed by atoms with E-state index in [0.29, 0.717) is 49.2 Å². The summed E-state index contributed by atoms with van der Waals surface area (Å²) in [4.78, 5) is 42.7. The number of allylic oxidation sites excluding steroid dienone is 1. The molecule has 5 rings (SSSR count). The van der Waals surface area contributed by atoms with Crippen molar-refractivity contribution in [1.29, 1.82) is 0 Å². The molecule has 1 aliphatic rings. The van der Waals surface area contributed by atoms with Crippen LogP contribution < -0.4 is 24.4 Å². The Morgan fingerprint density at radius 3 is 2.62 bits per heavy atom. The lowest BCUT2D eigenvalue weighted by molar-refractivity contribution is -0.384. The van der Waals surface area contributed by atoms with Gasteiger partial charge >= 0.3 is 5.97 Å². The molecule has 0 fully saturated rings. The van der Waals surface area contributed by atoms with Gasteiger partial charge in [0.1, 0.15) is 11.5 Å². The van der Waals surface area contributed by atoms with Crippen molar-refractivity contribution in [1.82, 2.24) is 4.57 Å². The molecule has 0 saturated heterocycles. The number of nitrogens with zero attached hydrogens (tertiary/aromatic N) is 3. The number of aromatic nitrogens is 1. The second-order valence-corrected chi connectivity index (χ2v) is 10.5. The van der Waals surface area contributed by atoms with Gasteiger partial charge in [0.2, 0.25) is 0 Å². The van der Waals surface area contributed by atoms with Crippen LogP contribution in [-0.4, -0.2) is 36.3 Å². The van der Waals surface area contributed by atoms with E-state index in [2.05, 4.69) is 4.99 Å². The van der Waals surface area contributed by atoms with E-state index in [1.54, 1.807) is 50.3 Å². The average molecular weight is 610 g/mol. The summed E-state index contributed by atoms with van der Waals surface area (Å²) in [6.07, 6.45) is 1.55. The average Bonchev–Trinajstić information content (AvgIpc) is 3.56. The number of rotatable bonds is 8. The van der Waals surface area contributed by atoms with Crippen molar-refractivity contribution in [2.75, 3.05) is 20.8 Å². The fraction of sp³-hybridized carbons (Fsp3) is 0.207. The summed E-state index contributed by atoms with van der Waals surface area (Å²) >= 11 is 7.40. The number of ether oxygens (including phenoxy) is 3. The summed E-state index contributed by atoms with van der Waals surface area (Å²) < 4.78 is 23.8. The molecule has 4 aromatic rings. The third-order valence-electron chi connectivity index (χ3n) is 6.57. The molecule has 0 saturated carbocycles. The molecule has 0 unspecified atom stereocenters. The quantitative estimate of drug-likeness (QED) is 0.160. The van der Waals surface area contributed by atoms with Crippen molar-refractivity contribution in [3.05, 3.63) is 106 Å². The molecule has 0 radical (unpaired) electrons. The number of nitro groups is 1. The fourth-order valence-electron chi connectivity index (χ4n) is 4.65. The van der Waals surface area contributed by atoms with Gasteiger partial charge in [0.25, 0.3) is 11.2 Å². The Hall–Kier alpha value is -4.68. The first-order valence-electron chi connectivity index (χ1n) is 12.6. The highest BCUT2D eigenvalue weighted by molar-refractivity contribution is 7.07. The van der Waals surface area contributed by atoms with Gasteiger partial charge < -0.3 is 18.6 Å². The third kappa shape index (κ3) is 5.21. The molecule has 0 aliphatic carbocycles. The number of hydrogen-bond acceptors (Lipinski definition) is 10. The van der Waals surface area contributed by atoms with Crippen LogP contribution in [0, 0.1) is 10.1 Å². The maximum atomic E-state index is 13.9. The number of carbonyl (C=O) groups excluding carboxylic acids is 1. The first-order valence-corrected chi connectivity index (χ1v) is 13.8. The summed E-state index contributed by atoms with van der Waals surface area (Å²) in [5.41, 5.74) is 1.04. The highest BCUT2D eigenvalue weighted by atomic mass is 35.5. The topological polar surface area (TPSA) is 135 Å². The monoisotopic (exact) mass is 609 g/mol. The van der Waals surface area contributed by atoms with E-state index < -0.39 is 22.5 Å². The minimum absolute atomic E-state index is 0.136. The Labute approximate surface area is 247 Å². The summed E-state index contributed by atoms with van der Waals surface area (Å²) in [5, 5.41) is 11.5. The van der Waals surface area contributed by atoms with Gasteiger partial charge in [-0.05, 0) is 49.7 Å². The number of fused-ring (bicyclic) bond motifs is 1. The SMILES string of the molecule is CCOC(=O)C1=C(C)N=c2s/c(=C\c3ccc(-c4cc([N+](=O)[O-])ccc4Cl)o3)c(=O)n2[C@@H]1c1ccc(OC)c(OC)c1. The van der Waals surface area contributed by atoms with Crippen LogP contribution in [0.4, 0.5) is 5.69 Å². The third-order valence-corrected chi connectivity index (χ3v) is 7.88. The van der Waals surface area contributed by atoms with Crippen molar-refractivity contribution < 1.29 is 28.3 Å². The van der Waals surface area contributed by atoms with Crippen LogP contribution in [0.25, 0.3) is 17.4 Å². The lowest BCUT2D eigenvalue weighted by atomic mass is 9.95. The molecular weight excluding hydrogens is 586 g/mol. The Kier molecular flexibility index (Phi) is 8.01. The first-order chi connectivity index (χ1) is 20.2. The fourth-order valence-corrected chi connectivity index (χ4v) is 5.89. The normalized spacial score (nSPS) is 14.8. The summed E-state index contributed by atoms with van der Waals surface area (Å²) in [5.74, 6) is 0.952. The van der Waals surface area contributed by atoms with Gasteiger partial charge in [0.15, 0.2) is 16.3 Å². The van der Waals surface area contributed by atoms with Gasteiger partial charge in [-0.1, -0.05) is 29.0 Å². The van der Waals surface area contributed by atoms with Crippen molar-refractivity contribution in [2.45, 2.75) is 19.9 Å². The predicted octanol–water partition coefficient (Wildman–Crippen LogP) is 4.64. The van der Waals surface area contributed by atoms with E-state index in [1.807, 2.05) is 0 Å². The maximum Gasteiger partial charge on any atom is 0.338 e. The molecule has 0 spiro atoms. The molecule has 2 aromatic carbocycles. The number of benzene rings is 2. The molecule has 1 aliphatic heterocycles. The van der Waals surface area contributed by atoms with E-state index in [1.165, 1.54) is 37.0 Å². The van der Waals surface area contributed by atoms with Crippen LogP contribution in [-0.2, 0) is 9.53 Å². The van der Waals surface area contributed by atoms with Crippen LogP contribution in [0.2, 0.25) is 5.02 Å². The number of non-ortho nitro benzene ring substituents is 1. The minimum Gasteiger partial charge on any atom is -0.493 e. The molecule has 0 bridgehead atoms. The Balaban J connectivity index is 1.65. The second kappa shape index (κ2) is 11.7. The number of nitro benzene ring substituents is 1. The van der Waals surface area contributed by atoms with Gasteiger partial charge in [-0.2, -0.15) is 0 Å². The highest BCUT2D eigenvalue weighted by Gasteiger charge is 2.34. The van der Waals surface area contributed by atoms with E-state index in [-0.39, 0.29) is 22.9 Å². The van der Waals surface area contributed by atoms with Gasteiger partial charge in [-0.15, -0.1) is 0 Å². The van der Waals surface area contributed by atoms with Crippen molar-refractivity contribution in [3.63, 3.8) is 0 Å². The summed E-state index contributed by atoms with van der Waals surface area (Å²) in [6.45, 7) is 3.54. The van der Waals surface area contributed by atoms with Crippen LogP contribution >= 0.6 is 22.9 Å². The summed E-state index contributed by atoms with van der Waals surface area (Å²) in [7, 11) is 3.01. The summed E-state index contributed by atoms with van der Waals surface area (Å²) in [6, 6.07) is 11.6. The van der Waals surface area contributed by atoms with Crippen molar-refractivity contribution >= 4 is 40.7 Å². The van der Waals surface area contributed by atoms with Crippen LogP contribution in [0.5, 0.6) is 11.5 Å². The van der Waals surface area contributed by atoms with Crippen LogP contribution in [0.3, 0.4) is 0 Å². The van der Waals surface area contributed by atoms with E-state index in [9.17, 15) is 19.7 Å². The number of thiazole rings is 1. The van der Waals surface area contributed by atoms with Crippen molar-refractivity contribution in [3.8, 4) is 22.8 Å². The van der Waals surface area contributed by atoms with Gasteiger partial charge in [-0.25, -0.2) is 9.79 Å². The molecule has 13 heteroatoms. The van der Waals surface area contributed by atoms with Crippen LogP contribution in [0.1, 0.15) is 31.2 Å². The Morgan fingerprint density at radius 2 is 1.93 bits per heavy atom. The molecule has 0 N–H and O–H groups in total. The number of esters is 1. The molecule has 2 aromatic heterocycles. The largest absolute Gasteiger partial charge is 0.493 e. The molecule has 3 heterocycles. The van der Waals surface area contributed by atoms with E-state index >= 15 is 0 Å². The number of halogens is 1. The van der Waals surface area contributed by atoms with Crippen molar-refractivity contribution in [2.24, 2.45) is 4.99 Å². The molecule has 0 amide bonds. The Bertz CT molecular complexity index is 1940. The molecule has 11 nitrogen and oxygen atoms in total. The lowest BCUT2D eigenvalue weighted by Gasteiger charge is -2.25. The van der Waals surface area contributed by atoms with Gasteiger partial charge in [0.05, 0.1) is 52.6 Å². The molecular formula is C29H24ClN3O8S. The van der Waals surface area contributed by atoms with Gasteiger partial charge in [-0.3, -0.25) is 19.5 Å². The first kappa shape index (κ1) is 28.8. The smallest absolute Gasteiger partial charge is 0.338 e. The number of hydrogen-bond donors (Lipinski definition) is 0. The maximum absolute atomic E-state index is 13.9. The molecule has 216 valence electrons. The predicted molar refractivity (Wildman–Crippen MR) is 156 cm³/mol. The van der Waals surface area contributed by atoms with E-state index in [0.717, 1.165) is 11.3 Å². The zero-order valence-corrected chi connectivity index (χ0v) is 24.4. The number of furan rings is 1. The minimum atomic E-state index is -0.849. The highest BCUT2D eigenvalue weighted by Crippen LogP contribution is 2.36. The lowest BCUT2D eigenvalue weighted by Crippen LogP contribution is -2.39.